The molecule has 2 aliphatic rings. The maximum absolute atomic E-state index is 12.9. The van der Waals surface area contributed by atoms with E-state index in [9.17, 15) is 4.79 Å². The highest BCUT2D eigenvalue weighted by molar-refractivity contribution is 8.27. The topological polar surface area (TPSA) is 95.9 Å². The van der Waals surface area contributed by atoms with Crippen LogP contribution in [-0.4, -0.2) is 43.6 Å². The Morgan fingerprint density at radius 1 is 1.15 bits per heavy atom. The van der Waals surface area contributed by atoms with Gasteiger partial charge >= 0.3 is 0 Å². The number of nitrogens with one attached hydrogen (secondary N) is 1. The summed E-state index contributed by atoms with van der Waals surface area (Å²) in [5.41, 5.74) is 5.79. The molecule has 0 spiro atoms. The van der Waals surface area contributed by atoms with Crippen molar-refractivity contribution in [1.29, 1.82) is 5.41 Å². The standard InChI is InChI=1S/C25H22N6O2S/c1-14-7-8-21(33-4)20(10-14)30-15(2)11-18(16(30)3)12-19-22(26)31-25(28-23(19)32)34-24(29-31)17-6-5-9-27-13-17/h5-13,26H,1-4H3/b19-12+,26-22?. The number of hydrazone groups is 1. The van der Waals surface area contributed by atoms with Crippen molar-refractivity contribution >= 4 is 39.8 Å². The van der Waals surface area contributed by atoms with E-state index in [0.717, 1.165) is 39.5 Å². The van der Waals surface area contributed by atoms with Crippen LogP contribution in [0.15, 0.2) is 64.5 Å². The number of aliphatic imine (C=N–C) groups is 1. The number of benzene rings is 1. The first kappa shape index (κ1) is 21.8. The highest BCUT2D eigenvalue weighted by atomic mass is 32.2. The van der Waals surface area contributed by atoms with E-state index in [1.54, 1.807) is 25.6 Å². The number of rotatable bonds is 4. The number of amides is 1. The molecule has 0 bridgehead atoms. The number of hydrogen-bond donors (Lipinski definition) is 1. The van der Waals surface area contributed by atoms with Gasteiger partial charge in [-0.3, -0.25) is 15.2 Å². The van der Waals surface area contributed by atoms with E-state index in [0.29, 0.717) is 10.2 Å². The van der Waals surface area contributed by atoms with E-state index in [1.807, 2.05) is 51.1 Å². The van der Waals surface area contributed by atoms with Gasteiger partial charge in [0, 0.05) is 29.3 Å². The highest BCUT2D eigenvalue weighted by Crippen LogP contribution is 2.33. The molecule has 0 unspecified atom stereocenters. The fraction of sp³-hybridized carbons (Fsp3) is 0.160. The van der Waals surface area contributed by atoms with Crippen molar-refractivity contribution in [2.24, 2.45) is 10.1 Å². The average molecular weight is 471 g/mol. The highest BCUT2D eigenvalue weighted by Gasteiger charge is 2.36. The number of pyridine rings is 1. The normalized spacial score (nSPS) is 16.6. The summed E-state index contributed by atoms with van der Waals surface area (Å²) in [6, 6.07) is 11.7. The van der Waals surface area contributed by atoms with Crippen molar-refractivity contribution in [3.63, 3.8) is 0 Å². The third-order valence-corrected chi connectivity index (χ3v) is 6.67. The van der Waals surface area contributed by atoms with Crippen LogP contribution in [-0.2, 0) is 4.79 Å². The Labute approximate surface area is 201 Å². The van der Waals surface area contributed by atoms with Gasteiger partial charge in [-0.25, -0.2) is 0 Å². The van der Waals surface area contributed by atoms with Crippen LogP contribution >= 0.6 is 11.8 Å². The lowest BCUT2D eigenvalue weighted by Gasteiger charge is -2.20. The van der Waals surface area contributed by atoms with Gasteiger partial charge in [-0.05, 0) is 80.1 Å². The number of carbonyl (C=O) groups excluding carboxylic acids is 1. The Balaban J connectivity index is 1.54. The number of aromatic nitrogens is 2. The summed E-state index contributed by atoms with van der Waals surface area (Å²) < 4.78 is 7.67. The molecule has 4 heterocycles. The predicted molar refractivity (Wildman–Crippen MR) is 135 cm³/mol. The van der Waals surface area contributed by atoms with Crippen LogP contribution in [0, 0.1) is 26.2 Å². The lowest BCUT2D eigenvalue weighted by atomic mass is 10.1. The lowest BCUT2D eigenvalue weighted by molar-refractivity contribution is -0.114. The molecule has 2 aromatic heterocycles. The lowest BCUT2D eigenvalue weighted by Crippen LogP contribution is -2.35. The molecule has 0 radical (unpaired) electrons. The minimum atomic E-state index is -0.454. The van der Waals surface area contributed by atoms with Crippen molar-refractivity contribution in [3.8, 4) is 11.4 Å². The molecule has 3 aromatic rings. The summed E-state index contributed by atoms with van der Waals surface area (Å²) in [7, 11) is 1.65. The number of fused-ring (bicyclic) bond motifs is 1. The van der Waals surface area contributed by atoms with Crippen molar-refractivity contribution in [1.82, 2.24) is 14.6 Å². The number of hydrogen-bond acceptors (Lipinski definition) is 6. The zero-order chi connectivity index (χ0) is 24.0. The molecule has 1 N–H and O–H groups in total. The van der Waals surface area contributed by atoms with Gasteiger partial charge in [-0.2, -0.15) is 15.1 Å². The van der Waals surface area contributed by atoms with Crippen LogP contribution in [0.2, 0.25) is 0 Å². The molecule has 0 fully saturated rings. The van der Waals surface area contributed by atoms with Crippen LogP contribution in [0.25, 0.3) is 11.8 Å². The summed E-state index contributed by atoms with van der Waals surface area (Å²) in [6.07, 6.45) is 5.10. The molecular weight excluding hydrogens is 448 g/mol. The molecular formula is C25H22N6O2S. The van der Waals surface area contributed by atoms with Crippen LogP contribution in [0.3, 0.4) is 0 Å². The van der Waals surface area contributed by atoms with Crippen LogP contribution < -0.4 is 4.74 Å². The minimum absolute atomic E-state index is 0.000621. The molecule has 0 atom stereocenters. The first-order valence-corrected chi connectivity index (χ1v) is 11.4. The minimum Gasteiger partial charge on any atom is -0.495 e. The van der Waals surface area contributed by atoms with Gasteiger partial charge in [0.2, 0.25) is 5.17 Å². The summed E-state index contributed by atoms with van der Waals surface area (Å²) in [4.78, 5) is 21.2. The first-order valence-electron chi connectivity index (χ1n) is 10.6. The fourth-order valence-electron chi connectivity index (χ4n) is 4.03. The maximum atomic E-state index is 12.9. The van der Waals surface area contributed by atoms with Crippen molar-refractivity contribution < 1.29 is 9.53 Å². The predicted octanol–water partition coefficient (Wildman–Crippen LogP) is 4.47. The van der Waals surface area contributed by atoms with E-state index in [2.05, 4.69) is 25.7 Å². The van der Waals surface area contributed by atoms with E-state index < -0.39 is 5.91 Å². The smallest absolute Gasteiger partial charge is 0.283 e. The molecule has 0 saturated carbocycles. The SMILES string of the molecule is COc1ccc(C)cc1-n1c(C)cc(/C=C2\C(=N)N3N=C(c4cccnc4)SC3=NC2=O)c1C. The van der Waals surface area contributed by atoms with Gasteiger partial charge in [-0.15, -0.1) is 0 Å². The third-order valence-electron chi connectivity index (χ3n) is 5.71. The molecule has 0 aliphatic carbocycles. The van der Waals surface area contributed by atoms with Crippen LogP contribution in [0.1, 0.15) is 28.1 Å². The molecule has 1 amide bonds. The Morgan fingerprint density at radius 2 is 1.97 bits per heavy atom. The van der Waals surface area contributed by atoms with Crippen molar-refractivity contribution in [3.05, 3.63) is 82.4 Å². The second-order valence-corrected chi connectivity index (χ2v) is 8.96. The zero-order valence-corrected chi connectivity index (χ0v) is 20.0. The van der Waals surface area contributed by atoms with E-state index in [-0.39, 0.29) is 11.4 Å². The molecule has 0 saturated heterocycles. The number of methoxy groups -OCH3 is 1. The number of thioether (sulfide) groups is 1. The van der Waals surface area contributed by atoms with Gasteiger partial charge in [0.15, 0.2) is 5.84 Å². The number of aryl methyl sites for hydroxylation is 2. The molecule has 1 aromatic carbocycles. The fourth-order valence-corrected chi connectivity index (χ4v) is 4.91. The molecule has 9 heteroatoms. The second-order valence-electron chi connectivity index (χ2n) is 8.00. The Morgan fingerprint density at radius 3 is 2.71 bits per heavy atom. The van der Waals surface area contributed by atoms with Crippen LogP contribution in [0.5, 0.6) is 5.75 Å². The number of nitrogens with zero attached hydrogens (tertiary/aromatic N) is 5. The summed E-state index contributed by atoms with van der Waals surface area (Å²) in [6.45, 7) is 6.02. The number of carbonyl (C=O) groups is 1. The number of amidine groups is 2. The Kier molecular flexibility index (Phi) is 5.41. The third kappa shape index (κ3) is 3.63. The number of ether oxygens (including phenoxy) is 1. The molecule has 170 valence electrons. The van der Waals surface area contributed by atoms with E-state index in [4.69, 9.17) is 10.1 Å². The summed E-state index contributed by atoms with van der Waals surface area (Å²) in [5.74, 6) is 0.303. The van der Waals surface area contributed by atoms with Crippen molar-refractivity contribution in [2.75, 3.05) is 7.11 Å². The van der Waals surface area contributed by atoms with E-state index in [1.165, 1.54) is 16.8 Å². The van der Waals surface area contributed by atoms with Gasteiger partial charge in [0.1, 0.15) is 10.8 Å². The Bertz CT molecular complexity index is 1440. The molecule has 8 nitrogen and oxygen atoms in total. The second kappa shape index (κ2) is 8.42. The van der Waals surface area contributed by atoms with Gasteiger partial charge in [-0.1, -0.05) is 6.07 Å². The van der Waals surface area contributed by atoms with Gasteiger partial charge < -0.3 is 9.30 Å². The van der Waals surface area contributed by atoms with E-state index >= 15 is 0 Å². The quantitative estimate of drug-likeness (QED) is 0.568. The summed E-state index contributed by atoms with van der Waals surface area (Å²) in [5, 5.41) is 15.6. The zero-order valence-electron chi connectivity index (χ0n) is 19.2. The summed E-state index contributed by atoms with van der Waals surface area (Å²) >= 11 is 1.25. The average Bonchev–Trinajstić information content (AvgIpc) is 3.37. The first-order chi connectivity index (χ1) is 16.4. The molecule has 34 heavy (non-hydrogen) atoms. The Hall–Kier alpha value is -3.98. The monoisotopic (exact) mass is 470 g/mol. The molecule has 5 rings (SSSR count). The van der Waals surface area contributed by atoms with Crippen LogP contribution in [0.4, 0.5) is 0 Å². The molecule has 2 aliphatic heterocycles. The maximum Gasteiger partial charge on any atom is 0.283 e. The van der Waals surface area contributed by atoms with Gasteiger partial charge in [0.25, 0.3) is 5.91 Å². The van der Waals surface area contributed by atoms with Crippen molar-refractivity contribution in [2.45, 2.75) is 20.8 Å². The van der Waals surface area contributed by atoms with Gasteiger partial charge in [0.05, 0.1) is 18.4 Å². The largest absolute Gasteiger partial charge is 0.495 e.